The van der Waals surface area contributed by atoms with Crippen LogP contribution >= 0.6 is 0 Å². The normalized spacial score (nSPS) is 10.8. The zero-order valence-electron chi connectivity index (χ0n) is 12.1. The Morgan fingerprint density at radius 1 is 0.947 bits per heavy atom. The van der Waals surface area contributed by atoms with Gasteiger partial charge in [-0.15, -0.1) is 0 Å². The molecule has 0 N–H and O–H groups in total. The second-order valence-corrected chi connectivity index (χ2v) is 5.07. The Kier molecular flexibility index (Phi) is 5.20. The summed E-state index contributed by atoms with van der Waals surface area (Å²) in [6.45, 7) is 6.76. The summed E-state index contributed by atoms with van der Waals surface area (Å²) < 4.78 is 0. The maximum absolute atomic E-state index is 4.41. The fourth-order valence-corrected chi connectivity index (χ4v) is 2.40. The molecule has 0 amide bonds. The lowest BCUT2D eigenvalue weighted by Crippen LogP contribution is -2.25. The van der Waals surface area contributed by atoms with Crippen molar-refractivity contribution in [1.29, 1.82) is 0 Å². The number of hydrogen-bond donors (Lipinski definition) is 0. The van der Waals surface area contributed by atoms with Gasteiger partial charge in [0.2, 0.25) is 0 Å². The topological polar surface area (TPSA) is 16.1 Å². The molecule has 0 atom stereocenters. The maximum Gasteiger partial charge on any atom is 0.0632 e. The molecule has 1 aromatic carbocycles. The molecular formula is C17H24N2. The molecule has 0 saturated carbocycles. The summed E-state index contributed by atoms with van der Waals surface area (Å²) >= 11 is 0. The van der Waals surface area contributed by atoms with Gasteiger partial charge in [-0.3, -0.25) is 4.98 Å². The number of nitrogens with zero attached hydrogens (tertiary/aromatic N) is 2. The van der Waals surface area contributed by atoms with Gasteiger partial charge in [0, 0.05) is 30.1 Å². The zero-order chi connectivity index (χ0) is 13.5. The highest BCUT2D eigenvalue weighted by Gasteiger charge is 2.09. The largest absolute Gasteiger partial charge is 0.370 e. The SMILES string of the molecule is CCCCN(CCCC)c1cncc2ccccc12. The average Bonchev–Trinajstić information content (AvgIpc) is 2.47. The molecule has 0 aliphatic carbocycles. The van der Waals surface area contributed by atoms with E-state index in [9.17, 15) is 0 Å². The van der Waals surface area contributed by atoms with Crippen LogP contribution in [0.4, 0.5) is 5.69 Å². The number of rotatable bonds is 7. The number of benzene rings is 1. The highest BCUT2D eigenvalue weighted by molar-refractivity contribution is 5.93. The molecular weight excluding hydrogens is 232 g/mol. The molecule has 0 aliphatic heterocycles. The van der Waals surface area contributed by atoms with Crippen LogP contribution in [0, 0.1) is 0 Å². The first kappa shape index (κ1) is 13.9. The summed E-state index contributed by atoms with van der Waals surface area (Å²) in [7, 11) is 0. The van der Waals surface area contributed by atoms with Gasteiger partial charge in [-0.05, 0) is 12.8 Å². The molecule has 19 heavy (non-hydrogen) atoms. The number of pyridine rings is 1. The first-order valence-corrected chi connectivity index (χ1v) is 7.44. The molecule has 0 fully saturated rings. The predicted octanol–water partition coefficient (Wildman–Crippen LogP) is 4.64. The number of fused-ring (bicyclic) bond motifs is 1. The molecule has 1 aromatic heterocycles. The van der Waals surface area contributed by atoms with E-state index in [0.29, 0.717) is 0 Å². The van der Waals surface area contributed by atoms with Gasteiger partial charge >= 0.3 is 0 Å². The number of unbranched alkanes of at least 4 members (excludes halogenated alkanes) is 2. The second-order valence-electron chi connectivity index (χ2n) is 5.07. The Balaban J connectivity index is 2.31. The van der Waals surface area contributed by atoms with E-state index in [2.05, 4.69) is 48.0 Å². The number of hydrogen-bond acceptors (Lipinski definition) is 2. The Hall–Kier alpha value is -1.57. The Morgan fingerprint density at radius 2 is 1.63 bits per heavy atom. The summed E-state index contributed by atoms with van der Waals surface area (Å²) in [5.41, 5.74) is 1.29. The van der Waals surface area contributed by atoms with E-state index >= 15 is 0 Å². The van der Waals surface area contributed by atoms with Gasteiger partial charge in [-0.2, -0.15) is 0 Å². The molecule has 0 unspecified atom stereocenters. The molecule has 102 valence electrons. The van der Waals surface area contributed by atoms with Crippen molar-refractivity contribution in [1.82, 2.24) is 4.98 Å². The summed E-state index contributed by atoms with van der Waals surface area (Å²) in [5, 5.41) is 2.56. The Bertz CT molecular complexity index is 494. The van der Waals surface area contributed by atoms with Crippen molar-refractivity contribution in [3.05, 3.63) is 36.7 Å². The van der Waals surface area contributed by atoms with Gasteiger partial charge in [0.15, 0.2) is 0 Å². The predicted molar refractivity (Wildman–Crippen MR) is 83.8 cm³/mol. The Labute approximate surface area is 116 Å². The van der Waals surface area contributed by atoms with E-state index in [1.165, 1.54) is 42.1 Å². The molecule has 2 heteroatoms. The third-order valence-electron chi connectivity index (χ3n) is 3.55. The number of anilines is 1. The zero-order valence-corrected chi connectivity index (χ0v) is 12.1. The van der Waals surface area contributed by atoms with Crippen LogP contribution < -0.4 is 4.90 Å². The van der Waals surface area contributed by atoms with Crippen molar-refractivity contribution >= 4 is 16.5 Å². The summed E-state index contributed by atoms with van der Waals surface area (Å²) in [6.07, 6.45) is 8.94. The van der Waals surface area contributed by atoms with Crippen molar-refractivity contribution in [2.75, 3.05) is 18.0 Å². The van der Waals surface area contributed by atoms with Crippen molar-refractivity contribution in [2.45, 2.75) is 39.5 Å². The number of aromatic nitrogens is 1. The van der Waals surface area contributed by atoms with Crippen LogP contribution in [-0.4, -0.2) is 18.1 Å². The lowest BCUT2D eigenvalue weighted by Gasteiger charge is -2.25. The molecule has 0 spiro atoms. The molecule has 0 aliphatic rings. The van der Waals surface area contributed by atoms with Gasteiger partial charge in [0.1, 0.15) is 0 Å². The summed E-state index contributed by atoms with van der Waals surface area (Å²) in [4.78, 5) is 6.91. The molecule has 2 aromatic rings. The van der Waals surface area contributed by atoms with E-state index in [1.54, 1.807) is 0 Å². The van der Waals surface area contributed by atoms with Crippen molar-refractivity contribution in [2.24, 2.45) is 0 Å². The van der Waals surface area contributed by atoms with E-state index in [4.69, 9.17) is 0 Å². The van der Waals surface area contributed by atoms with Crippen LogP contribution in [0.3, 0.4) is 0 Å². The van der Waals surface area contributed by atoms with Crippen molar-refractivity contribution < 1.29 is 0 Å². The minimum absolute atomic E-state index is 1.13. The minimum Gasteiger partial charge on any atom is -0.370 e. The monoisotopic (exact) mass is 256 g/mol. The van der Waals surface area contributed by atoms with E-state index in [0.717, 1.165) is 13.1 Å². The molecule has 0 saturated heterocycles. The Morgan fingerprint density at radius 3 is 2.32 bits per heavy atom. The standard InChI is InChI=1S/C17H24N2/c1-3-5-11-19(12-6-4-2)17-14-18-13-15-9-7-8-10-16(15)17/h7-10,13-14H,3-6,11-12H2,1-2H3. The highest BCUT2D eigenvalue weighted by atomic mass is 15.1. The molecule has 2 nitrogen and oxygen atoms in total. The van der Waals surface area contributed by atoms with E-state index in [-0.39, 0.29) is 0 Å². The van der Waals surface area contributed by atoms with Gasteiger partial charge in [-0.1, -0.05) is 51.0 Å². The molecule has 0 radical (unpaired) electrons. The van der Waals surface area contributed by atoms with Crippen LogP contribution in [0.1, 0.15) is 39.5 Å². The van der Waals surface area contributed by atoms with Crippen LogP contribution in [-0.2, 0) is 0 Å². The van der Waals surface area contributed by atoms with Crippen LogP contribution in [0.5, 0.6) is 0 Å². The van der Waals surface area contributed by atoms with Crippen LogP contribution in [0.25, 0.3) is 10.8 Å². The maximum atomic E-state index is 4.41. The lowest BCUT2D eigenvalue weighted by molar-refractivity contribution is 0.679. The third-order valence-corrected chi connectivity index (χ3v) is 3.55. The highest BCUT2D eigenvalue weighted by Crippen LogP contribution is 2.26. The van der Waals surface area contributed by atoms with Gasteiger partial charge < -0.3 is 4.90 Å². The van der Waals surface area contributed by atoms with Crippen molar-refractivity contribution in [3.63, 3.8) is 0 Å². The van der Waals surface area contributed by atoms with Crippen LogP contribution in [0.2, 0.25) is 0 Å². The second kappa shape index (κ2) is 7.13. The summed E-state index contributed by atoms with van der Waals surface area (Å²) in [5.74, 6) is 0. The first-order chi connectivity index (χ1) is 9.36. The average molecular weight is 256 g/mol. The molecule has 2 rings (SSSR count). The lowest BCUT2D eigenvalue weighted by atomic mass is 10.1. The summed E-state index contributed by atoms with van der Waals surface area (Å²) in [6, 6.07) is 8.54. The molecule has 1 heterocycles. The van der Waals surface area contributed by atoms with Crippen molar-refractivity contribution in [3.8, 4) is 0 Å². The van der Waals surface area contributed by atoms with Crippen LogP contribution in [0.15, 0.2) is 36.7 Å². The fourth-order valence-electron chi connectivity index (χ4n) is 2.40. The third kappa shape index (κ3) is 3.46. The van der Waals surface area contributed by atoms with E-state index < -0.39 is 0 Å². The smallest absolute Gasteiger partial charge is 0.0632 e. The first-order valence-electron chi connectivity index (χ1n) is 7.44. The fraction of sp³-hybridized carbons (Fsp3) is 0.471. The minimum atomic E-state index is 1.13. The van der Waals surface area contributed by atoms with Gasteiger partial charge in [0.05, 0.1) is 11.9 Å². The quantitative estimate of drug-likeness (QED) is 0.717. The van der Waals surface area contributed by atoms with Gasteiger partial charge in [-0.25, -0.2) is 0 Å². The van der Waals surface area contributed by atoms with Gasteiger partial charge in [0.25, 0.3) is 0 Å². The van der Waals surface area contributed by atoms with E-state index in [1.807, 2.05) is 12.4 Å². The molecule has 0 bridgehead atoms.